The predicted octanol–water partition coefficient (Wildman–Crippen LogP) is 4.18. The molecule has 0 amide bonds. The number of benzene rings is 4. The van der Waals surface area contributed by atoms with Crippen molar-refractivity contribution in [1.29, 1.82) is 0 Å². The van der Waals surface area contributed by atoms with Crippen LogP contribution in [-0.4, -0.2) is 3.21 Å². The van der Waals surface area contributed by atoms with Gasteiger partial charge in [-0.3, -0.25) is 0 Å². The summed E-state index contributed by atoms with van der Waals surface area (Å²) in [5.41, 5.74) is 15.1. The van der Waals surface area contributed by atoms with Gasteiger partial charge in [-0.05, 0) is 0 Å². The molecule has 0 N–H and O–H groups in total. The van der Waals surface area contributed by atoms with E-state index in [-0.39, 0.29) is 24.8 Å². The van der Waals surface area contributed by atoms with Gasteiger partial charge in [0.1, 0.15) is 0 Å². The van der Waals surface area contributed by atoms with Crippen LogP contribution in [0.5, 0.6) is 0 Å². The number of aryl methyl sites for hydroxylation is 2. The zero-order valence-electron chi connectivity index (χ0n) is 25.2. The average molecular weight is 671 g/mol. The molecule has 0 saturated heterocycles. The molecule has 6 rings (SSSR count). The van der Waals surface area contributed by atoms with Gasteiger partial charge >= 0.3 is 250 Å². The number of rotatable bonds is 8. The van der Waals surface area contributed by atoms with E-state index in [1.54, 1.807) is 28.8 Å². The third kappa shape index (κ3) is 6.04. The van der Waals surface area contributed by atoms with Crippen molar-refractivity contribution in [3.8, 4) is 11.1 Å². The van der Waals surface area contributed by atoms with Crippen molar-refractivity contribution in [3.63, 3.8) is 0 Å². The Kier molecular flexibility index (Phi) is 11.2. The summed E-state index contributed by atoms with van der Waals surface area (Å²) < 4.78 is 3.89. The van der Waals surface area contributed by atoms with Crippen LogP contribution >= 0.6 is 0 Å². The normalized spacial score (nSPS) is 13.4. The molecule has 214 valence electrons. The van der Waals surface area contributed by atoms with Crippen LogP contribution in [0.2, 0.25) is 0 Å². The van der Waals surface area contributed by atoms with Gasteiger partial charge in [-0.2, -0.15) is 0 Å². The van der Waals surface area contributed by atoms with Crippen LogP contribution in [0.3, 0.4) is 0 Å². The van der Waals surface area contributed by atoms with Gasteiger partial charge in [-0.25, -0.2) is 0 Å². The summed E-state index contributed by atoms with van der Waals surface area (Å²) >= 11 is -2.67. The summed E-state index contributed by atoms with van der Waals surface area (Å²) in [4.78, 5) is 0. The topological polar surface area (TPSA) is 0 Å². The second-order valence-electron chi connectivity index (χ2n) is 11.2. The Morgan fingerprint density at radius 1 is 0.619 bits per heavy atom. The van der Waals surface area contributed by atoms with Crippen LogP contribution in [0.1, 0.15) is 84.0 Å². The first kappa shape index (κ1) is 32.6. The van der Waals surface area contributed by atoms with Crippen LogP contribution in [0.15, 0.2) is 118 Å². The van der Waals surface area contributed by atoms with E-state index in [0.717, 1.165) is 25.7 Å². The molecule has 0 atom stereocenters. The minimum absolute atomic E-state index is 0. The fraction of sp³-hybridized carbons (Fsp3) is 0.256. The Bertz CT molecular complexity index is 1550. The molecular weight excluding hydrogens is 631 g/mol. The van der Waals surface area contributed by atoms with Crippen molar-refractivity contribution in [2.75, 3.05) is 0 Å². The van der Waals surface area contributed by atoms with Crippen LogP contribution in [0.25, 0.3) is 11.1 Å². The summed E-state index contributed by atoms with van der Waals surface area (Å²) in [7, 11) is 0. The van der Waals surface area contributed by atoms with Crippen LogP contribution < -0.4 is 24.8 Å². The van der Waals surface area contributed by atoms with E-state index in [0.29, 0.717) is 3.63 Å². The van der Waals surface area contributed by atoms with Gasteiger partial charge in [0.25, 0.3) is 0 Å². The summed E-state index contributed by atoms with van der Waals surface area (Å²) in [6, 6.07) is 37.5. The molecule has 0 fully saturated rings. The summed E-state index contributed by atoms with van der Waals surface area (Å²) in [5.74, 6) is 0. The molecule has 2 aliphatic carbocycles. The van der Waals surface area contributed by atoms with E-state index >= 15 is 0 Å². The van der Waals surface area contributed by atoms with Crippen molar-refractivity contribution in [1.82, 2.24) is 0 Å². The molecule has 0 saturated carbocycles. The quantitative estimate of drug-likeness (QED) is 0.264. The standard InChI is InChI=1S/C17H17.C13H10.C9H13.2ClH.Zr/c1-3-12-5-7-16-14(9-12)11-15-10-13(4-2)6-8-17(15)16;1-3-7-12(8-4-1)11-13-9-5-2-6-10-13;1-3-8-6-5-7-9(8)4-2;;;/h5-11H,3-4H2,1-2H3;1-10H;6H,3-4,7H2,1-2H3;2*1H;/q;;;;;+2/p-2. The Morgan fingerprint density at radius 3 is 1.52 bits per heavy atom. The first-order chi connectivity index (χ1) is 19.7. The molecule has 0 nitrogen and oxygen atoms in total. The van der Waals surface area contributed by atoms with Gasteiger partial charge in [0.05, 0.1) is 0 Å². The first-order valence-corrected chi connectivity index (χ1v) is 19.1. The van der Waals surface area contributed by atoms with Gasteiger partial charge in [0.2, 0.25) is 0 Å². The maximum absolute atomic E-state index is 2.67. The number of hydrogen-bond acceptors (Lipinski definition) is 0. The van der Waals surface area contributed by atoms with Crippen molar-refractivity contribution < 1.29 is 46.1 Å². The minimum Gasteiger partial charge on any atom is -1.00 e. The van der Waals surface area contributed by atoms with Gasteiger partial charge in [0.15, 0.2) is 0 Å². The van der Waals surface area contributed by atoms with Crippen LogP contribution in [0.4, 0.5) is 0 Å². The molecule has 0 heterocycles. The Hall–Kier alpha value is -2.31. The number of allylic oxidation sites excluding steroid dienone is 4. The number of fused-ring (bicyclic) bond motifs is 3. The van der Waals surface area contributed by atoms with Crippen LogP contribution in [-0.2, 0) is 34.1 Å². The fourth-order valence-corrected chi connectivity index (χ4v) is 16.1. The van der Waals surface area contributed by atoms with Gasteiger partial charge in [0, 0.05) is 0 Å². The Morgan fingerprint density at radius 2 is 1.12 bits per heavy atom. The summed E-state index contributed by atoms with van der Waals surface area (Å²) in [5, 5.41) is 0. The largest absolute Gasteiger partial charge is 1.00 e. The van der Waals surface area contributed by atoms with Crippen molar-refractivity contribution in [2.24, 2.45) is 0 Å². The molecule has 2 aliphatic rings. The van der Waals surface area contributed by atoms with Crippen molar-refractivity contribution >= 4 is 3.21 Å². The van der Waals surface area contributed by atoms with Crippen LogP contribution in [0, 0.1) is 0 Å². The summed E-state index contributed by atoms with van der Waals surface area (Å²) in [6.07, 6.45) is 8.28. The maximum atomic E-state index is 2.67. The molecule has 4 aromatic carbocycles. The molecule has 3 heteroatoms. The maximum Gasteiger partial charge on any atom is -1.00 e. The van der Waals surface area contributed by atoms with Crippen molar-refractivity contribution in [3.05, 3.63) is 151 Å². The zero-order chi connectivity index (χ0) is 27.6. The predicted molar refractivity (Wildman–Crippen MR) is 169 cm³/mol. The van der Waals surface area contributed by atoms with E-state index in [9.17, 15) is 0 Å². The van der Waals surface area contributed by atoms with E-state index in [1.165, 1.54) is 39.8 Å². The van der Waals surface area contributed by atoms with Gasteiger partial charge in [-0.1, -0.05) is 0 Å². The SMILES string of the molecule is CCC1=C(CC)C[C]([Zr+2](=[C](c2ccccc2)c2ccccc2)[CH]2c3cc(CC)ccc3-c3ccc(CC)cc32)=C1.[Cl-].[Cl-]. The second-order valence-corrected chi connectivity index (χ2v) is 17.4. The molecule has 4 aromatic rings. The third-order valence-corrected chi connectivity index (χ3v) is 17.2. The van der Waals surface area contributed by atoms with E-state index < -0.39 is 21.3 Å². The molecular formula is C39H40Cl2Zr. The third-order valence-electron chi connectivity index (χ3n) is 9.00. The van der Waals surface area contributed by atoms with Gasteiger partial charge < -0.3 is 24.8 Å². The first-order valence-electron chi connectivity index (χ1n) is 15.2. The van der Waals surface area contributed by atoms with Gasteiger partial charge in [-0.15, -0.1) is 0 Å². The van der Waals surface area contributed by atoms with E-state index in [4.69, 9.17) is 0 Å². The Labute approximate surface area is 273 Å². The molecule has 0 spiro atoms. The second kappa shape index (κ2) is 14.4. The molecule has 0 radical (unpaired) electrons. The smallest absolute Gasteiger partial charge is 1.00 e. The number of halogens is 2. The number of hydrogen-bond donors (Lipinski definition) is 0. The molecule has 0 aromatic heterocycles. The molecule has 0 aliphatic heterocycles. The zero-order valence-corrected chi connectivity index (χ0v) is 29.2. The molecule has 0 bridgehead atoms. The van der Waals surface area contributed by atoms with E-state index in [1.807, 2.05) is 0 Å². The minimum atomic E-state index is -2.67. The fourth-order valence-electron chi connectivity index (χ4n) is 6.87. The van der Waals surface area contributed by atoms with Crippen molar-refractivity contribution in [2.45, 2.75) is 63.4 Å². The van der Waals surface area contributed by atoms with E-state index in [2.05, 4.69) is 131 Å². The molecule has 42 heavy (non-hydrogen) atoms. The monoisotopic (exact) mass is 668 g/mol. The summed E-state index contributed by atoms with van der Waals surface area (Å²) in [6.45, 7) is 9.28. The molecule has 0 unspecified atom stereocenters. The Balaban J connectivity index is 0.00000202. The average Bonchev–Trinajstić information content (AvgIpc) is 3.58.